The molecule has 3 rings (SSSR count). The van der Waals surface area contributed by atoms with Crippen LogP contribution in [0.1, 0.15) is 80.0 Å². The molecular formula is C33H35F9N2O3. The number of nitrogens with zero attached hydrogens (tertiary/aromatic N) is 1. The van der Waals surface area contributed by atoms with E-state index in [1.165, 1.54) is 13.2 Å². The zero-order valence-electron chi connectivity index (χ0n) is 26.4. The highest BCUT2D eigenvalue weighted by molar-refractivity contribution is 5.76. The molecule has 0 aliphatic carbocycles. The van der Waals surface area contributed by atoms with Gasteiger partial charge in [-0.2, -0.15) is 39.5 Å². The predicted molar refractivity (Wildman–Crippen MR) is 158 cm³/mol. The molecule has 1 amide bonds. The fraction of sp³-hybridized carbons (Fsp3) is 0.424. The highest BCUT2D eigenvalue weighted by Gasteiger charge is 2.38. The summed E-state index contributed by atoms with van der Waals surface area (Å²) >= 11 is 0. The molecule has 14 heteroatoms. The Balaban J connectivity index is 2.02. The number of alkyl halides is 9. The highest BCUT2D eigenvalue weighted by Crippen LogP contribution is 2.40. The van der Waals surface area contributed by atoms with Crippen LogP contribution in [0.4, 0.5) is 44.3 Å². The minimum Gasteiger partial charge on any atom is -0.496 e. The molecule has 0 saturated carbocycles. The lowest BCUT2D eigenvalue weighted by atomic mass is 9.92. The third-order valence-corrected chi connectivity index (χ3v) is 7.40. The van der Waals surface area contributed by atoms with Gasteiger partial charge in [0.25, 0.3) is 0 Å². The summed E-state index contributed by atoms with van der Waals surface area (Å²) in [5.41, 5.74) is 1.81. The Kier molecular flexibility index (Phi) is 10.9. The van der Waals surface area contributed by atoms with Crippen molar-refractivity contribution in [1.29, 1.82) is 0 Å². The normalized spacial score (nSPS) is 13.5. The van der Waals surface area contributed by atoms with Gasteiger partial charge in [0.2, 0.25) is 0 Å². The minimum absolute atomic E-state index is 0.0535. The Hall–Kier alpha value is -3.94. The second-order valence-corrected chi connectivity index (χ2v) is 12.3. The number of hydrogen-bond donors (Lipinski definition) is 1. The number of benzene rings is 3. The monoisotopic (exact) mass is 678 g/mol. The second kappa shape index (κ2) is 13.7. The summed E-state index contributed by atoms with van der Waals surface area (Å²) in [7, 11) is 1.40. The van der Waals surface area contributed by atoms with Crippen LogP contribution in [0.2, 0.25) is 0 Å². The standard InChI is InChI=1S/C33H35F9N2O3/c1-18(2)19-7-10-28(46-6)26(14-19)25-9-8-22(31(34,35)36)13-21(25)16-44(30(3,4)5)29(45)47-17-27(43)20-11-23(32(37,38)39)15-24(12-20)33(40,41)42/h7-15,18,27H,16-17,43H2,1-6H3. The first-order valence-corrected chi connectivity index (χ1v) is 14.3. The third kappa shape index (κ3) is 9.33. The van der Waals surface area contributed by atoms with Gasteiger partial charge in [0.05, 0.1) is 36.4 Å². The Morgan fingerprint density at radius 2 is 1.30 bits per heavy atom. The van der Waals surface area contributed by atoms with Crippen LogP contribution in [-0.4, -0.2) is 30.2 Å². The molecule has 258 valence electrons. The van der Waals surface area contributed by atoms with Crippen molar-refractivity contribution in [1.82, 2.24) is 4.90 Å². The Morgan fingerprint density at radius 3 is 1.77 bits per heavy atom. The minimum atomic E-state index is -5.12. The largest absolute Gasteiger partial charge is 0.496 e. The van der Waals surface area contributed by atoms with E-state index in [1.807, 2.05) is 19.9 Å². The number of hydrogen-bond acceptors (Lipinski definition) is 4. The Bertz CT molecular complexity index is 1540. The first-order chi connectivity index (χ1) is 21.4. The van der Waals surface area contributed by atoms with Crippen LogP contribution in [0, 0.1) is 0 Å². The smallest absolute Gasteiger partial charge is 0.416 e. The summed E-state index contributed by atoms with van der Waals surface area (Å²) < 4.78 is 132. The van der Waals surface area contributed by atoms with Crippen molar-refractivity contribution < 1.29 is 53.8 Å². The van der Waals surface area contributed by atoms with E-state index in [2.05, 4.69) is 0 Å². The average molecular weight is 679 g/mol. The Labute approximate surface area is 266 Å². The van der Waals surface area contributed by atoms with Crippen LogP contribution in [0.15, 0.2) is 54.6 Å². The molecule has 47 heavy (non-hydrogen) atoms. The van der Waals surface area contributed by atoms with Gasteiger partial charge >= 0.3 is 24.6 Å². The molecule has 2 N–H and O–H groups in total. The van der Waals surface area contributed by atoms with Crippen molar-refractivity contribution in [3.8, 4) is 16.9 Å². The maximum absolute atomic E-state index is 13.8. The van der Waals surface area contributed by atoms with Gasteiger partial charge < -0.3 is 15.2 Å². The van der Waals surface area contributed by atoms with Gasteiger partial charge in [0.1, 0.15) is 12.4 Å². The molecule has 0 aromatic heterocycles. The fourth-order valence-electron chi connectivity index (χ4n) is 4.73. The van der Waals surface area contributed by atoms with E-state index in [1.54, 1.807) is 32.9 Å². The molecule has 0 fully saturated rings. The van der Waals surface area contributed by atoms with E-state index >= 15 is 0 Å². The molecule has 0 aliphatic rings. The van der Waals surface area contributed by atoms with Crippen molar-refractivity contribution in [2.45, 2.75) is 77.2 Å². The van der Waals surface area contributed by atoms with Gasteiger partial charge in [0.15, 0.2) is 0 Å². The van der Waals surface area contributed by atoms with Crippen molar-refractivity contribution in [2.24, 2.45) is 5.73 Å². The van der Waals surface area contributed by atoms with Crippen molar-refractivity contribution in [3.05, 3.63) is 88.0 Å². The highest BCUT2D eigenvalue weighted by atomic mass is 19.4. The van der Waals surface area contributed by atoms with E-state index in [-0.39, 0.29) is 17.5 Å². The molecule has 0 saturated heterocycles. The van der Waals surface area contributed by atoms with E-state index in [0.717, 1.165) is 22.6 Å². The van der Waals surface area contributed by atoms with Crippen LogP contribution in [0.5, 0.6) is 5.75 Å². The number of methoxy groups -OCH3 is 1. The topological polar surface area (TPSA) is 64.8 Å². The molecule has 3 aromatic carbocycles. The quantitative estimate of drug-likeness (QED) is 0.241. The van der Waals surface area contributed by atoms with Gasteiger partial charge in [-0.3, -0.25) is 4.90 Å². The first-order valence-electron chi connectivity index (χ1n) is 14.3. The molecule has 5 nitrogen and oxygen atoms in total. The van der Waals surface area contributed by atoms with Gasteiger partial charge in [0, 0.05) is 11.1 Å². The maximum atomic E-state index is 13.8. The van der Waals surface area contributed by atoms with Crippen LogP contribution in [-0.2, 0) is 29.8 Å². The molecule has 0 radical (unpaired) electrons. The SMILES string of the molecule is COc1ccc(C(C)C)cc1-c1ccc(C(F)(F)F)cc1CN(C(=O)OCC(N)c1cc(C(F)(F)F)cc(C(F)(F)F)c1)C(C)(C)C. The molecule has 3 aromatic rings. The number of amides is 1. The lowest BCUT2D eigenvalue weighted by Gasteiger charge is -2.36. The van der Waals surface area contributed by atoms with Gasteiger partial charge in [-0.25, -0.2) is 4.79 Å². The van der Waals surface area contributed by atoms with Crippen molar-refractivity contribution in [2.75, 3.05) is 13.7 Å². The Morgan fingerprint density at radius 1 is 0.745 bits per heavy atom. The number of rotatable bonds is 8. The van der Waals surface area contributed by atoms with E-state index in [4.69, 9.17) is 15.2 Å². The third-order valence-electron chi connectivity index (χ3n) is 7.40. The van der Waals surface area contributed by atoms with E-state index in [0.29, 0.717) is 29.0 Å². The van der Waals surface area contributed by atoms with Gasteiger partial charge in [-0.05, 0) is 91.4 Å². The van der Waals surface area contributed by atoms with Crippen LogP contribution in [0.3, 0.4) is 0 Å². The van der Waals surface area contributed by atoms with Crippen LogP contribution >= 0.6 is 0 Å². The summed E-state index contributed by atoms with van der Waals surface area (Å²) in [5.74, 6) is 0.428. The van der Waals surface area contributed by atoms with Gasteiger partial charge in [-0.15, -0.1) is 0 Å². The summed E-state index contributed by atoms with van der Waals surface area (Å²) in [5, 5.41) is 0. The molecule has 1 atom stereocenters. The molecule has 0 spiro atoms. The molecular weight excluding hydrogens is 643 g/mol. The number of carbonyl (C=O) groups is 1. The van der Waals surface area contributed by atoms with E-state index in [9.17, 15) is 44.3 Å². The van der Waals surface area contributed by atoms with Gasteiger partial charge in [-0.1, -0.05) is 26.0 Å². The molecule has 0 bridgehead atoms. The molecule has 1 unspecified atom stereocenters. The first kappa shape index (κ1) is 37.5. The summed E-state index contributed by atoms with van der Waals surface area (Å²) in [6.45, 7) is 7.34. The molecule has 0 aliphatic heterocycles. The second-order valence-electron chi connectivity index (χ2n) is 12.3. The van der Waals surface area contributed by atoms with Crippen molar-refractivity contribution >= 4 is 6.09 Å². The summed E-state index contributed by atoms with van der Waals surface area (Å²) in [6.07, 6.45) is -16.1. The lowest BCUT2D eigenvalue weighted by molar-refractivity contribution is -0.143. The zero-order chi connectivity index (χ0) is 35.7. The summed E-state index contributed by atoms with van der Waals surface area (Å²) in [6, 6.07) is 7.57. The van der Waals surface area contributed by atoms with Crippen molar-refractivity contribution in [3.63, 3.8) is 0 Å². The zero-order valence-corrected chi connectivity index (χ0v) is 26.4. The lowest BCUT2D eigenvalue weighted by Crippen LogP contribution is -2.46. The van der Waals surface area contributed by atoms with E-state index < -0.39 is 71.6 Å². The number of carbonyl (C=O) groups excluding carboxylic acids is 1. The number of ether oxygens (including phenoxy) is 2. The number of halogens is 9. The number of nitrogens with two attached hydrogens (primary N) is 1. The fourth-order valence-corrected chi connectivity index (χ4v) is 4.73. The van der Waals surface area contributed by atoms with Crippen LogP contribution in [0.25, 0.3) is 11.1 Å². The maximum Gasteiger partial charge on any atom is 0.416 e. The van der Waals surface area contributed by atoms with Crippen LogP contribution < -0.4 is 10.5 Å². The summed E-state index contributed by atoms with van der Waals surface area (Å²) in [4.78, 5) is 14.5. The molecule has 0 heterocycles. The average Bonchev–Trinajstić information content (AvgIpc) is 2.95. The predicted octanol–water partition coefficient (Wildman–Crippen LogP) is 9.98.